The van der Waals surface area contributed by atoms with Crippen molar-refractivity contribution in [2.45, 2.75) is 13.0 Å². The molecule has 0 saturated heterocycles. The summed E-state index contributed by atoms with van der Waals surface area (Å²) in [6, 6.07) is 17.6. The fourth-order valence-electron chi connectivity index (χ4n) is 3.08. The number of carbonyl (C=O) groups excluding carboxylic acids is 1. The number of fused-ring (bicyclic) bond motifs is 1. The highest BCUT2D eigenvalue weighted by Gasteiger charge is 2.26. The first kappa shape index (κ1) is 15.4. The summed E-state index contributed by atoms with van der Waals surface area (Å²) in [5.41, 5.74) is 2.93. The van der Waals surface area contributed by atoms with Gasteiger partial charge in [0.05, 0.1) is 12.5 Å². The van der Waals surface area contributed by atoms with Crippen molar-refractivity contribution in [1.29, 1.82) is 0 Å². The van der Waals surface area contributed by atoms with E-state index in [1.165, 1.54) is 0 Å². The summed E-state index contributed by atoms with van der Waals surface area (Å²) >= 11 is 0. The number of nitrogens with zero attached hydrogens (tertiary/aromatic N) is 2. The maximum Gasteiger partial charge on any atom is 0.231 e. The summed E-state index contributed by atoms with van der Waals surface area (Å²) < 4.78 is 7.57. The van der Waals surface area contributed by atoms with Crippen molar-refractivity contribution < 1.29 is 9.53 Å². The Hall–Kier alpha value is -3.08. The van der Waals surface area contributed by atoms with Crippen LogP contribution in [0.4, 0.5) is 5.69 Å². The molecular weight excluding hydrogens is 314 g/mol. The van der Waals surface area contributed by atoms with Gasteiger partial charge in [-0.05, 0) is 35.7 Å². The normalized spacial score (nSPS) is 15.9. The van der Waals surface area contributed by atoms with Gasteiger partial charge in [-0.15, -0.1) is 0 Å². The van der Waals surface area contributed by atoms with Crippen LogP contribution in [0.3, 0.4) is 0 Å². The van der Waals surface area contributed by atoms with Gasteiger partial charge in [0.15, 0.2) is 0 Å². The minimum Gasteiger partial charge on any atom is -0.492 e. The molecule has 5 nitrogen and oxygen atoms in total. The van der Waals surface area contributed by atoms with Gasteiger partial charge in [-0.1, -0.05) is 36.4 Å². The topological polar surface area (TPSA) is 56.2 Å². The first-order chi connectivity index (χ1) is 12.3. The summed E-state index contributed by atoms with van der Waals surface area (Å²) in [6.07, 6.45) is 4.35. The molecule has 2 aromatic carbocycles. The van der Waals surface area contributed by atoms with E-state index in [9.17, 15) is 4.79 Å². The molecule has 1 aliphatic heterocycles. The Bertz CT molecular complexity index is 874. The third-order valence-electron chi connectivity index (χ3n) is 4.42. The van der Waals surface area contributed by atoms with Crippen molar-refractivity contribution in [3.05, 3.63) is 78.1 Å². The molecule has 0 radical (unpaired) electrons. The number of rotatable bonds is 4. The monoisotopic (exact) mass is 333 g/mol. The standard InChI is InChI=1S/C20H19N3O2/c24-20(17-12-15-6-2-4-9-19(15)25-14-17)22-18-8-3-1-7-16(18)13-23-11-5-10-21-23/h1-11,17H,12-14H2,(H,22,24). The van der Waals surface area contributed by atoms with Gasteiger partial charge >= 0.3 is 0 Å². The fraction of sp³-hybridized carbons (Fsp3) is 0.200. The third kappa shape index (κ3) is 3.40. The van der Waals surface area contributed by atoms with Crippen molar-refractivity contribution in [2.75, 3.05) is 11.9 Å². The van der Waals surface area contributed by atoms with E-state index in [-0.39, 0.29) is 11.8 Å². The average Bonchev–Trinajstić information content (AvgIpc) is 3.16. The SMILES string of the molecule is O=C(Nc1ccccc1Cn1cccn1)C1COc2ccccc2C1. The molecule has 1 atom stereocenters. The number of aromatic nitrogens is 2. The predicted molar refractivity (Wildman–Crippen MR) is 95.5 cm³/mol. The summed E-state index contributed by atoms with van der Waals surface area (Å²) in [4.78, 5) is 12.7. The first-order valence-electron chi connectivity index (χ1n) is 8.36. The molecule has 1 aliphatic rings. The Morgan fingerprint density at radius 1 is 1.16 bits per heavy atom. The number of anilines is 1. The molecule has 1 N–H and O–H groups in total. The van der Waals surface area contributed by atoms with Crippen LogP contribution >= 0.6 is 0 Å². The lowest BCUT2D eigenvalue weighted by molar-refractivity contribution is -0.121. The molecule has 0 bridgehead atoms. The molecule has 3 aromatic rings. The number of hydrogen-bond acceptors (Lipinski definition) is 3. The quantitative estimate of drug-likeness (QED) is 0.798. The van der Waals surface area contributed by atoms with Gasteiger partial charge in [0.25, 0.3) is 0 Å². The van der Waals surface area contributed by atoms with Crippen molar-refractivity contribution in [1.82, 2.24) is 9.78 Å². The number of nitrogens with one attached hydrogen (secondary N) is 1. The van der Waals surface area contributed by atoms with E-state index in [4.69, 9.17) is 4.74 Å². The van der Waals surface area contributed by atoms with E-state index in [0.717, 1.165) is 22.6 Å². The molecule has 126 valence electrons. The third-order valence-corrected chi connectivity index (χ3v) is 4.42. The number of hydrogen-bond donors (Lipinski definition) is 1. The van der Waals surface area contributed by atoms with Gasteiger partial charge in [0, 0.05) is 18.1 Å². The molecule has 1 unspecified atom stereocenters. The second kappa shape index (κ2) is 6.81. The van der Waals surface area contributed by atoms with Gasteiger partial charge in [-0.25, -0.2) is 0 Å². The van der Waals surface area contributed by atoms with Crippen LogP contribution in [0.5, 0.6) is 5.75 Å². The van der Waals surface area contributed by atoms with E-state index in [1.807, 2.05) is 65.5 Å². The van der Waals surface area contributed by atoms with Crippen LogP contribution in [-0.2, 0) is 17.8 Å². The van der Waals surface area contributed by atoms with Crippen LogP contribution in [0.15, 0.2) is 67.0 Å². The lowest BCUT2D eigenvalue weighted by Gasteiger charge is -2.25. The Balaban J connectivity index is 1.48. The Morgan fingerprint density at radius 3 is 2.88 bits per heavy atom. The van der Waals surface area contributed by atoms with E-state index < -0.39 is 0 Å². The second-order valence-corrected chi connectivity index (χ2v) is 6.17. The summed E-state index contributed by atoms with van der Waals surface area (Å²) in [6.45, 7) is 1.03. The molecule has 1 amide bonds. The summed E-state index contributed by atoms with van der Waals surface area (Å²) in [5, 5.41) is 7.29. The zero-order valence-corrected chi connectivity index (χ0v) is 13.8. The average molecular weight is 333 g/mol. The van der Waals surface area contributed by atoms with E-state index in [1.54, 1.807) is 6.20 Å². The summed E-state index contributed by atoms with van der Waals surface area (Å²) in [7, 11) is 0. The molecule has 25 heavy (non-hydrogen) atoms. The maximum absolute atomic E-state index is 12.7. The van der Waals surface area contributed by atoms with Crippen LogP contribution < -0.4 is 10.1 Å². The van der Waals surface area contributed by atoms with Crippen LogP contribution in [0, 0.1) is 5.92 Å². The highest BCUT2D eigenvalue weighted by atomic mass is 16.5. The molecule has 0 spiro atoms. The van der Waals surface area contributed by atoms with E-state index in [2.05, 4.69) is 10.4 Å². The first-order valence-corrected chi connectivity index (χ1v) is 8.36. The Kier molecular flexibility index (Phi) is 4.21. The van der Waals surface area contributed by atoms with Crippen molar-refractivity contribution in [2.24, 2.45) is 5.92 Å². The largest absolute Gasteiger partial charge is 0.492 e. The number of amides is 1. The smallest absolute Gasteiger partial charge is 0.231 e. The molecule has 4 rings (SSSR count). The molecule has 2 heterocycles. The van der Waals surface area contributed by atoms with E-state index >= 15 is 0 Å². The van der Waals surface area contributed by atoms with Crippen LogP contribution in [0.2, 0.25) is 0 Å². The van der Waals surface area contributed by atoms with Crippen molar-refractivity contribution in [3.8, 4) is 5.75 Å². The van der Waals surface area contributed by atoms with Crippen molar-refractivity contribution in [3.63, 3.8) is 0 Å². The number of ether oxygens (including phenoxy) is 1. The van der Waals surface area contributed by atoms with Crippen LogP contribution in [0.25, 0.3) is 0 Å². The molecule has 0 saturated carbocycles. The lowest BCUT2D eigenvalue weighted by atomic mass is 9.96. The number of para-hydroxylation sites is 2. The summed E-state index contributed by atoms with van der Waals surface area (Å²) in [5.74, 6) is 0.681. The molecule has 1 aromatic heterocycles. The molecule has 0 aliphatic carbocycles. The fourth-order valence-corrected chi connectivity index (χ4v) is 3.08. The predicted octanol–water partition coefficient (Wildman–Crippen LogP) is 3.12. The van der Waals surface area contributed by atoms with Gasteiger partial charge in [0.2, 0.25) is 5.91 Å². The Morgan fingerprint density at radius 2 is 2.00 bits per heavy atom. The molecule has 5 heteroatoms. The number of benzene rings is 2. The molecule has 0 fully saturated rings. The minimum absolute atomic E-state index is 0.0116. The van der Waals surface area contributed by atoms with Crippen LogP contribution in [-0.4, -0.2) is 22.3 Å². The van der Waals surface area contributed by atoms with Crippen molar-refractivity contribution >= 4 is 11.6 Å². The number of carbonyl (C=O) groups is 1. The van der Waals surface area contributed by atoms with Crippen LogP contribution in [0.1, 0.15) is 11.1 Å². The second-order valence-electron chi connectivity index (χ2n) is 6.17. The van der Waals surface area contributed by atoms with E-state index in [0.29, 0.717) is 19.6 Å². The Labute approximate surface area is 146 Å². The minimum atomic E-state index is -0.187. The van der Waals surface area contributed by atoms with Gasteiger partial charge in [0.1, 0.15) is 12.4 Å². The highest BCUT2D eigenvalue weighted by molar-refractivity contribution is 5.93. The van der Waals surface area contributed by atoms with Gasteiger partial charge in [-0.2, -0.15) is 5.10 Å². The van der Waals surface area contributed by atoms with Gasteiger partial charge < -0.3 is 10.1 Å². The lowest BCUT2D eigenvalue weighted by Crippen LogP contribution is -2.32. The van der Waals surface area contributed by atoms with Gasteiger partial charge in [-0.3, -0.25) is 9.48 Å². The zero-order chi connectivity index (χ0) is 17.1. The highest BCUT2D eigenvalue weighted by Crippen LogP contribution is 2.28. The maximum atomic E-state index is 12.7. The molecular formula is C20H19N3O2. The zero-order valence-electron chi connectivity index (χ0n) is 13.8.